The Hall–Kier alpha value is 0. The Bertz CT molecular complexity index is 478. The fourth-order valence-electron chi connectivity index (χ4n) is 8.24. The van der Waals surface area contributed by atoms with Crippen LogP contribution in [0.4, 0.5) is 0 Å². The largest absolute Gasteiger partial charge is 0.0628 e. The average molecular weight is 347 g/mol. The zero-order valence-electron chi connectivity index (χ0n) is 18.5. The Balaban J connectivity index is 1.82. The van der Waals surface area contributed by atoms with Crippen LogP contribution in [0, 0.1) is 39.4 Å². The molecule has 0 saturated heterocycles. The molecule has 0 radical (unpaired) electrons. The van der Waals surface area contributed by atoms with Gasteiger partial charge in [0.25, 0.3) is 0 Å². The zero-order valence-corrected chi connectivity index (χ0v) is 18.5. The molecular weight excluding hydrogens is 300 g/mol. The van der Waals surface area contributed by atoms with Crippen LogP contribution in [0.1, 0.15) is 119 Å². The lowest BCUT2D eigenvalue weighted by Crippen LogP contribution is -2.61. The Morgan fingerprint density at radius 3 is 2.12 bits per heavy atom. The summed E-state index contributed by atoms with van der Waals surface area (Å²) in [5.41, 5.74) is 2.31. The van der Waals surface area contributed by atoms with Crippen LogP contribution in [-0.4, -0.2) is 0 Å². The van der Waals surface area contributed by atoms with Crippen LogP contribution in [-0.2, 0) is 0 Å². The molecule has 0 N–H and O–H groups in total. The van der Waals surface area contributed by atoms with E-state index >= 15 is 0 Å². The van der Waals surface area contributed by atoms with Gasteiger partial charge in [-0.3, -0.25) is 0 Å². The molecule has 0 aliphatic heterocycles. The maximum atomic E-state index is 2.73. The quantitative estimate of drug-likeness (QED) is 0.470. The minimum Gasteiger partial charge on any atom is -0.0628 e. The van der Waals surface area contributed by atoms with E-state index in [-0.39, 0.29) is 0 Å². The van der Waals surface area contributed by atoms with Crippen molar-refractivity contribution < 1.29 is 0 Å². The molecule has 1 unspecified atom stereocenters. The standard InChI is InChI=1S/C25H46/c1-19(2)11-10-12-20(3)21-13-16-25(7)23(21,5)18-17-22(4)14-8-9-15-24(22,25)6/h19-21H,8-18H2,1-7H3/t20-,21-,22+,23-,24?,25-/m1/s1. The Labute approximate surface area is 158 Å². The second kappa shape index (κ2) is 6.56. The van der Waals surface area contributed by atoms with Crippen molar-refractivity contribution in [1.29, 1.82) is 0 Å². The van der Waals surface area contributed by atoms with Crippen LogP contribution < -0.4 is 0 Å². The van der Waals surface area contributed by atoms with Gasteiger partial charge in [-0.15, -0.1) is 0 Å². The zero-order chi connectivity index (χ0) is 18.5. The van der Waals surface area contributed by atoms with Gasteiger partial charge in [-0.2, -0.15) is 0 Å². The molecule has 0 spiro atoms. The van der Waals surface area contributed by atoms with E-state index in [0.717, 1.165) is 17.8 Å². The predicted molar refractivity (Wildman–Crippen MR) is 111 cm³/mol. The van der Waals surface area contributed by atoms with E-state index < -0.39 is 0 Å². The molecule has 0 aromatic rings. The second-order valence-corrected chi connectivity index (χ2v) is 11.8. The van der Waals surface area contributed by atoms with E-state index in [4.69, 9.17) is 0 Å². The molecule has 0 aromatic carbocycles. The molecule has 25 heavy (non-hydrogen) atoms. The molecule has 0 nitrogen and oxygen atoms in total. The van der Waals surface area contributed by atoms with Gasteiger partial charge in [-0.05, 0) is 77.9 Å². The average Bonchev–Trinajstić information content (AvgIpc) is 2.82. The third kappa shape index (κ3) is 2.75. The van der Waals surface area contributed by atoms with Crippen molar-refractivity contribution in [2.24, 2.45) is 39.4 Å². The van der Waals surface area contributed by atoms with Crippen molar-refractivity contribution in [2.75, 3.05) is 0 Å². The lowest BCUT2D eigenvalue weighted by atomic mass is 9.36. The first-order valence-electron chi connectivity index (χ1n) is 11.6. The molecule has 146 valence electrons. The van der Waals surface area contributed by atoms with E-state index in [1.165, 1.54) is 70.6 Å². The summed E-state index contributed by atoms with van der Waals surface area (Å²) in [5.74, 6) is 2.75. The first kappa shape index (κ1) is 19.8. The smallest absolute Gasteiger partial charge is 0.0210 e. The molecule has 6 atom stereocenters. The normalized spacial score (nSPS) is 48.2. The van der Waals surface area contributed by atoms with E-state index in [1.54, 1.807) is 0 Å². The van der Waals surface area contributed by atoms with Crippen molar-refractivity contribution in [3.05, 3.63) is 0 Å². The first-order valence-corrected chi connectivity index (χ1v) is 11.6. The third-order valence-electron chi connectivity index (χ3n) is 10.6. The van der Waals surface area contributed by atoms with Crippen molar-refractivity contribution in [3.63, 3.8) is 0 Å². The molecule has 3 aliphatic carbocycles. The summed E-state index contributed by atoms with van der Waals surface area (Å²) in [6.45, 7) is 18.2. The van der Waals surface area contributed by atoms with Gasteiger partial charge in [0.2, 0.25) is 0 Å². The summed E-state index contributed by atoms with van der Waals surface area (Å²) < 4.78 is 0. The summed E-state index contributed by atoms with van der Waals surface area (Å²) in [5, 5.41) is 0. The predicted octanol–water partition coefficient (Wildman–Crippen LogP) is 8.25. The van der Waals surface area contributed by atoms with Gasteiger partial charge in [0.05, 0.1) is 0 Å². The summed E-state index contributed by atoms with van der Waals surface area (Å²) in [6, 6.07) is 0. The minimum absolute atomic E-state index is 0.560. The number of hydrogen-bond donors (Lipinski definition) is 0. The third-order valence-corrected chi connectivity index (χ3v) is 10.6. The van der Waals surface area contributed by atoms with Crippen LogP contribution >= 0.6 is 0 Å². The lowest BCUT2D eigenvalue weighted by Gasteiger charge is -2.68. The molecule has 0 aromatic heterocycles. The molecule has 3 rings (SSSR count). The molecule has 0 heterocycles. The summed E-state index contributed by atoms with van der Waals surface area (Å²) >= 11 is 0. The number of hydrogen-bond acceptors (Lipinski definition) is 0. The van der Waals surface area contributed by atoms with Gasteiger partial charge in [0.15, 0.2) is 0 Å². The molecule has 3 aliphatic rings. The monoisotopic (exact) mass is 346 g/mol. The Morgan fingerprint density at radius 1 is 0.760 bits per heavy atom. The lowest BCUT2D eigenvalue weighted by molar-refractivity contribution is -0.196. The topological polar surface area (TPSA) is 0 Å². The number of rotatable bonds is 5. The van der Waals surface area contributed by atoms with Crippen molar-refractivity contribution in [1.82, 2.24) is 0 Å². The molecule has 0 amide bonds. The number of fused-ring (bicyclic) bond motifs is 3. The molecular formula is C25H46. The van der Waals surface area contributed by atoms with Gasteiger partial charge in [0, 0.05) is 0 Å². The SMILES string of the molecule is CC(C)CCC[C@@H](C)[C@H]1CC[C@@]2(C)C3(C)CCCC[C@@]3(C)CC[C@]12C. The van der Waals surface area contributed by atoms with Crippen LogP contribution in [0.3, 0.4) is 0 Å². The first-order chi connectivity index (χ1) is 11.6. The van der Waals surface area contributed by atoms with Crippen LogP contribution in [0.2, 0.25) is 0 Å². The van der Waals surface area contributed by atoms with E-state index in [1.807, 2.05) is 0 Å². The van der Waals surface area contributed by atoms with Gasteiger partial charge in [0.1, 0.15) is 0 Å². The van der Waals surface area contributed by atoms with Crippen LogP contribution in [0.25, 0.3) is 0 Å². The summed E-state index contributed by atoms with van der Waals surface area (Å²) in [7, 11) is 0. The Kier molecular flexibility index (Phi) is 5.18. The Morgan fingerprint density at radius 2 is 1.44 bits per heavy atom. The minimum atomic E-state index is 0.560. The maximum Gasteiger partial charge on any atom is -0.0210 e. The summed E-state index contributed by atoms with van der Waals surface area (Å²) in [4.78, 5) is 0. The molecule has 0 heteroatoms. The van der Waals surface area contributed by atoms with Crippen molar-refractivity contribution >= 4 is 0 Å². The van der Waals surface area contributed by atoms with Crippen molar-refractivity contribution in [3.8, 4) is 0 Å². The molecule has 3 fully saturated rings. The highest BCUT2D eigenvalue weighted by Gasteiger charge is 2.69. The maximum absolute atomic E-state index is 2.73. The van der Waals surface area contributed by atoms with Crippen LogP contribution in [0.15, 0.2) is 0 Å². The fraction of sp³-hybridized carbons (Fsp3) is 1.00. The highest BCUT2D eigenvalue weighted by Crippen LogP contribution is 2.77. The molecule has 3 saturated carbocycles. The second-order valence-electron chi connectivity index (χ2n) is 11.8. The van der Waals surface area contributed by atoms with Gasteiger partial charge >= 0.3 is 0 Å². The highest BCUT2D eigenvalue weighted by atomic mass is 14.7. The highest BCUT2D eigenvalue weighted by molar-refractivity contribution is 5.18. The van der Waals surface area contributed by atoms with Gasteiger partial charge in [-0.25, -0.2) is 0 Å². The van der Waals surface area contributed by atoms with E-state index in [0.29, 0.717) is 21.7 Å². The van der Waals surface area contributed by atoms with Gasteiger partial charge in [-0.1, -0.05) is 80.6 Å². The van der Waals surface area contributed by atoms with Crippen molar-refractivity contribution in [2.45, 2.75) is 119 Å². The molecule has 0 bridgehead atoms. The van der Waals surface area contributed by atoms with Gasteiger partial charge < -0.3 is 0 Å². The van der Waals surface area contributed by atoms with E-state index in [9.17, 15) is 0 Å². The summed E-state index contributed by atoms with van der Waals surface area (Å²) in [6.07, 6.45) is 16.2. The fourth-order valence-corrected chi connectivity index (χ4v) is 8.24. The van der Waals surface area contributed by atoms with E-state index in [2.05, 4.69) is 48.5 Å². The van der Waals surface area contributed by atoms with Crippen LogP contribution in [0.5, 0.6) is 0 Å².